The zero-order chi connectivity index (χ0) is 27.2. The lowest BCUT2D eigenvalue weighted by molar-refractivity contribution is -0.0517. The molecule has 37 heavy (non-hydrogen) atoms. The van der Waals surface area contributed by atoms with E-state index < -0.39 is 29.1 Å². The number of alkyl halides is 3. The lowest BCUT2D eigenvalue weighted by Gasteiger charge is -2.45. The Hall–Kier alpha value is 0.860. The van der Waals surface area contributed by atoms with Crippen molar-refractivity contribution in [2.45, 2.75) is 157 Å². The molecule has 3 nitrogen and oxygen atoms in total. The topological polar surface area (TPSA) is 57.2 Å². The van der Waals surface area contributed by atoms with Crippen molar-refractivity contribution in [2.24, 2.45) is 0 Å². The van der Waals surface area contributed by atoms with Crippen LogP contribution in [0.3, 0.4) is 0 Å². The summed E-state index contributed by atoms with van der Waals surface area (Å²) in [6, 6.07) is 0. The first-order valence-electron chi connectivity index (χ1n) is 14.9. The highest BCUT2D eigenvalue weighted by atomic mass is 32.3. The molecule has 0 heterocycles. The first-order chi connectivity index (χ1) is 17.4. The van der Waals surface area contributed by atoms with E-state index in [1.807, 2.05) is 0 Å². The van der Waals surface area contributed by atoms with Gasteiger partial charge in [-0.2, -0.15) is 13.2 Å². The molecule has 0 aliphatic heterocycles. The molecule has 0 unspecified atom stereocenters. The molecule has 0 saturated heterocycles. The molecule has 0 aromatic carbocycles. The van der Waals surface area contributed by atoms with E-state index in [-0.39, 0.29) is 0 Å². The minimum Gasteiger partial charge on any atom is -0.741 e. The van der Waals surface area contributed by atoms with Gasteiger partial charge in [-0.3, -0.25) is 0 Å². The van der Waals surface area contributed by atoms with Crippen LogP contribution in [0.5, 0.6) is 0 Å². The third kappa shape index (κ3) is 8.67. The molecule has 218 valence electrons. The Bertz CT molecular complexity index is 814. The van der Waals surface area contributed by atoms with Crippen molar-refractivity contribution >= 4 is 31.2 Å². The van der Waals surface area contributed by atoms with Crippen LogP contribution >= 0.6 is 21.1 Å². The first kappa shape index (κ1) is 32.4. The van der Waals surface area contributed by atoms with Gasteiger partial charge in [-0.05, 0) is 102 Å². The summed E-state index contributed by atoms with van der Waals surface area (Å²) in [5, 5.41) is 0. The van der Waals surface area contributed by atoms with Gasteiger partial charge in [0.05, 0.1) is 32.5 Å². The number of rotatable bonds is 5. The molecule has 0 aromatic heterocycles. The summed E-state index contributed by atoms with van der Waals surface area (Å²) in [4.78, 5) is 0. The quantitative estimate of drug-likeness (QED) is 0.178. The third-order valence-electron chi connectivity index (χ3n) is 9.92. The molecule has 0 radical (unpaired) electrons. The second-order valence-corrected chi connectivity index (χ2v) is 28.5. The van der Waals surface area contributed by atoms with Crippen molar-refractivity contribution in [1.29, 1.82) is 0 Å². The molecule has 0 atom stereocenters. The van der Waals surface area contributed by atoms with Gasteiger partial charge < -0.3 is 4.55 Å². The van der Waals surface area contributed by atoms with E-state index in [1.54, 1.807) is 103 Å². The summed E-state index contributed by atoms with van der Waals surface area (Å²) in [7, 11) is -3.94. The Kier molecular flexibility index (Phi) is 12.4. The maximum Gasteiger partial charge on any atom is 0.485 e. The van der Waals surface area contributed by atoms with E-state index in [0.717, 1.165) is 22.6 Å². The fourth-order valence-electron chi connectivity index (χ4n) is 7.72. The minimum absolute atomic E-state index is 0.853. The SMILES string of the molecule is CP(=P[P+](C)(C1CCCCC1)C1CCCCC1)(C1CCCCC1)C1CCCCC1.O=S(=O)([O-])C(F)(F)F. The van der Waals surface area contributed by atoms with Crippen LogP contribution in [-0.4, -0.2) is 54.4 Å². The second kappa shape index (κ2) is 14.2. The largest absolute Gasteiger partial charge is 0.741 e. The molecule has 4 aliphatic carbocycles. The second-order valence-electron chi connectivity index (χ2n) is 12.3. The summed E-state index contributed by atoms with van der Waals surface area (Å²) >= 11 is 0. The van der Waals surface area contributed by atoms with Crippen molar-refractivity contribution in [2.75, 3.05) is 13.3 Å². The van der Waals surface area contributed by atoms with Crippen LogP contribution in [0.25, 0.3) is 0 Å². The van der Waals surface area contributed by atoms with Crippen molar-refractivity contribution in [3.8, 4) is 0 Å². The van der Waals surface area contributed by atoms with Gasteiger partial charge in [-0.15, -0.1) is 0 Å². The van der Waals surface area contributed by atoms with Gasteiger partial charge in [0.1, 0.15) is 0 Å². The monoisotopic (exact) mass is 604 g/mol. The van der Waals surface area contributed by atoms with E-state index in [4.69, 9.17) is 13.0 Å². The van der Waals surface area contributed by atoms with E-state index in [0.29, 0.717) is 0 Å². The molecule has 0 spiro atoms. The Morgan fingerprint density at radius 3 is 1.22 bits per heavy atom. The lowest BCUT2D eigenvalue weighted by atomic mass is 9.99. The van der Waals surface area contributed by atoms with Crippen molar-refractivity contribution in [1.82, 2.24) is 0 Å². The summed E-state index contributed by atoms with van der Waals surface area (Å²) in [6.45, 7) is 4.22. The van der Waals surface area contributed by atoms with Gasteiger partial charge in [0.25, 0.3) is 0 Å². The van der Waals surface area contributed by atoms with Gasteiger partial charge in [-0.25, -0.2) is 8.42 Å². The fourth-order valence-corrected chi connectivity index (χ4v) is 35.7. The highest BCUT2D eigenvalue weighted by Crippen LogP contribution is 2.87. The van der Waals surface area contributed by atoms with Crippen molar-refractivity contribution in [3.05, 3.63) is 0 Å². The molecule has 10 heteroatoms. The normalized spacial score (nSPS) is 25.0. The average molecular weight is 605 g/mol. The Morgan fingerprint density at radius 1 is 0.676 bits per heavy atom. The predicted octanol–water partition coefficient (Wildman–Crippen LogP) is 10.4. The molecular formula is C27H50F3O3P3S. The van der Waals surface area contributed by atoms with Crippen LogP contribution < -0.4 is 0 Å². The van der Waals surface area contributed by atoms with Gasteiger partial charge in [0, 0.05) is 0 Å². The summed E-state index contributed by atoms with van der Waals surface area (Å²) < 4.78 is 58.9. The van der Waals surface area contributed by atoms with Crippen molar-refractivity contribution < 1.29 is 26.1 Å². The Labute approximate surface area is 226 Å². The van der Waals surface area contributed by atoms with Crippen LogP contribution in [0, 0.1) is 0 Å². The minimum atomic E-state index is -6.09. The molecule has 0 aromatic rings. The third-order valence-corrected chi connectivity index (χ3v) is 32.4. The molecule has 0 amide bonds. The highest BCUT2D eigenvalue weighted by molar-refractivity contribution is 8.45. The molecule has 4 aliphatic rings. The van der Waals surface area contributed by atoms with Crippen LogP contribution in [-0.2, 0) is 10.1 Å². The average Bonchev–Trinajstić information content (AvgIpc) is 2.90. The first-order valence-corrected chi connectivity index (χ1v) is 23.3. The summed E-state index contributed by atoms with van der Waals surface area (Å²) in [6.07, 6.45) is 31.5. The van der Waals surface area contributed by atoms with E-state index in [2.05, 4.69) is 20.9 Å². The molecular weight excluding hydrogens is 554 g/mol. The smallest absolute Gasteiger partial charge is 0.485 e. The van der Waals surface area contributed by atoms with E-state index in [9.17, 15) is 13.2 Å². The van der Waals surface area contributed by atoms with Gasteiger partial charge in [0.15, 0.2) is 10.1 Å². The maximum atomic E-state index is 10.7. The zero-order valence-corrected chi connectivity index (χ0v) is 26.6. The van der Waals surface area contributed by atoms with Gasteiger partial charge in [-0.1, -0.05) is 51.4 Å². The number of hydrogen-bond acceptors (Lipinski definition) is 3. The van der Waals surface area contributed by atoms with Crippen molar-refractivity contribution in [3.63, 3.8) is 0 Å². The van der Waals surface area contributed by atoms with E-state index >= 15 is 0 Å². The molecule has 0 bridgehead atoms. The fraction of sp³-hybridized carbons (Fsp3) is 1.00. The molecule has 4 fully saturated rings. The summed E-state index contributed by atoms with van der Waals surface area (Å²) in [5.41, 5.74) is -1.01. The zero-order valence-electron chi connectivity index (χ0n) is 23.1. The standard InChI is InChI=1S/C26H50P3.CHF3O3S/c1-28(23-15-7-3-8-16-23,24-17-9-4-10-18-24)27-29(2,25-19-11-5-12-20-25)26-21-13-6-14-22-26;2-1(3,4)8(5,6)7/h23-26H,3-22H2,1-2H3;(H,5,6,7)/q+1;/p-1. The van der Waals surface area contributed by atoms with Crippen LogP contribution in [0.15, 0.2) is 0 Å². The van der Waals surface area contributed by atoms with Gasteiger partial charge >= 0.3 is 5.51 Å². The predicted molar refractivity (Wildman–Crippen MR) is 156 cm³/mol. The van der Waals surface area contributed by atoms with Crippen LogP contribution in [0.4, 0.5) is 13.2 Å². The van der Waals surface area contributed by atoms with Crippen LogP contribution in [0.2, 0.25) is 0 Å². The maximum absolute atomic E-state index is 10.7. The van der Waals surface area contributed by atoms with Crippen LogP contribution in [0.1, 0.15) is 128 Å². The number of halogens is 3. The Balaban J connectivity index is 0.000000414. The highest BCUT2D eigenvalue weighted by Gasteiger charge is 2.51. The van der Waals surface area contributed by atoms with Gasteiger partial charge in [0.2, 0.25) is 0 Å². The molecule has 0 N–H and O–H groups in total. The molecule has 4 saturated carbocycles. The Morgan fingerprint density at radius 2 is 0.946 bits per heavy atom. The molecule has 4 rings (SSSR count). The summed E-state index contributed by atoms with van der Waals surface area (Å²) in [5.74, 6) is 0. The lowest BCUT2D eigenvalue weighted by Crippen LogP contribution is -2.26. The number of hydrogen-bond donors (Lipinski definition) is 0. The van der Waals surface area contributed by atoms with E-state index in [1.165, 1.54) is 25.7 Å².